The second-order valence-electron chi connectivity index (χ2n) is 2.10. The molecule has 1 rings (SSSR count). The molecule has 0 atom stereocenters. The molecule has 1 nitrogen and oxygen atoms in total. The van der Waals surface area contributed by atoms with Gasteiger partial charge in [-0.25, -0.2) is 8.78 Å². The quantitative estimate of drug-likeness (QED) is 0.603. The number of pyridine rings is 1. The van der Waals surface area contributed by atoms with Gasteiger partial charge in [0, 0.05) is 15.3 Å². The van der Waals surface area contributed by atoms with Crippen molar-refractivity contribution in [2.24, 2.45) is 0 Å². The number of aromatic nitrogens is 1. The summed E-state index contributed by atoms with van der Waals surface area (Å²) in [6.45, 7) is 0. The van der Waals surface area contributed by atoms with Crippen molar-refractivity contribution in [2.45, 2.75) is 12.3 Å². The number of hydrogen-bond donors (Lipinski definition) is 0. The van der Waals surface area contributed by atoms with Gasteiger partial charge in [-0.1, -0.05) is 0 Å². The lowest BCUT2D eigenvalue weighted by Gasteiger charge is -2.05. The molecule has 0 bridgehead atoms. The van der Waals surface area contributed by atoms with Crippen LogP contribution in [-0.4, -0.2) is 4.98 Å². The summed E-state index contributed by atoms with van der Waals surface area (Å²) in [6.07, 6.45) is -1.11. The number of alkyl halides is 3. The molecule has 1 aromatic rings. The Bertz CT molecular complexity index is 280. The fraction of sp³-hybridized carbons (Fsp3) is 0.286. The van der Waals surface area contributed by atoms with Gasteiger partial charge in [0.2, 0.25) is 0 Å². The Hall–Kier alpha value is 0.0300. The molecule has 0 spiro atoms. The molecular weight excluding hydrogens is 298 g/mol. The fourth-order valence-corrected chi connectivity index (χ4v) is 1.94. The van der Waals surface area contributed by atoms with Crippen LogP contribution in [0, 0.1) is 3.57 Å². The highest BCUT2D eigenvalue weighted by Crippen LogP contribution is 2.26. The van der Waals surface area contributed by atoms with E-state index < -0.39 is 6.43 Å². The maximum absolute atomic E-state index is 12.3. The lowest BCUT2D eigenvalue weighted by molar-refractivity contribution is 0.150. The van der Waals surface area contributed by atoms with E-state index >= 15 is 0 Å². The normalized spacial score (nSPS) is 10.8. The molecule has 66 valence electrons. The molecule has 0 amide bonds. The van der Waals surface area contributed by atoms with Crippen LogP contribution in [0.1, 0.15) is 17.7 Å². The fourth-order valence-electron chi connectivity index (χ4n) is 0.766. The van der Waals surface area contributed by atoms with Crippen molar-refractivity contribution >= 4 is 34.2 Å². The van der Waals surface area contributed by atoms with Gasteiger partial charge in [0.15, 0.2) is 0 Å². The van der Waals surface area contributed by atoms with Gasteiger partial charge in [-0.3, -0.25) is 4.98 Å². The third-order valence-corrected chi connectivity index (χ3v) is 2.85. The number of halogens is 4. The zero-order chi connectivity index (χ0) is 9.14. The van der Waals surface area contributed by atoms with E-state index in [1.807, 2.05) is 22.6 Å². The minimum absolute atomic E-state index is 0.00116. The van der Waals surface area contributed by atoms with Crippen molar-refractivity contribution < 1.29 is 8.78 Å². The minimum atomic E-state index is -2.46. The van der Waals surface area contributed by atoms with Crippen LogP contribution in [0.3, 0.4) is 0 Å². The highest BCUT2D eigenvalue weighted by Gasteiger charge is 2.13. The van der Waals surface area contributed by atoms with Gasteiger partial charge >= 0.3 is 0 Å². The van der Waals surface area contributed by atoms with Crippen molar-refractivity contribution in [3.05, 3.63) is 27.1 Å². The van der Waals surface area contributed by atoms with Crippen LogP contribution < -0.4 is 0 Å². The SMILES string of the molecule is FC(F)c1ccnc(CCl)c1I. The molecule has 0 aliphatic carbocycles. The molecule has 0 saturated heterocycles. The summed E-state index contributed by atoms with van der Waals surface area (Å²) in [5.74, 6) is 0.166. The van der Waals surface area contributed by atoms with Crippen molar-refractivity contribution in [3.8, 4) is 0 Å². The van der Waals surface area contributed by atoms with Crippen LogP contribution in [0.25, 0.3) is 0 Å². The van der Waals surface area contributed by atoms with Crippen LogP contribution in [-0.2, 0) is 5.88 Å². The first-order valence-corrected chi connectivity index (χ1v) is 4.75. The second-order valence-corrected chi connectivity index (χ2v) is 3.44. The molecule has 0 saturated carbocycles. The first-order valence-electron chi connectivity index (χ1n) is 3.14. The van der Waals surface area contributed by atoms with E-state index in [2.05, 4.69) is 4.98 Å². The predicted octanol–water partition coefficient (Wildman–Crippen LogP) is 3.36. The third-order valence-electron chi connectivity index (χ3n) is 1.35. The average molecular weight is 303 g/mol. The molecule has 0 unspecified atom stereocenters. The summed E-state index contributed by atoms with van der Waals surface area (Å²) in [5, 5.41) is 0. The number of rotatable bonds is 2. The molecule has 0 fully saturated rings. The Labute approximate surface area is 87.3 Å². The summed E-state index contributed by atoms with van der Waals surface area (Å²) in [5.41, 5.74) is 0.510. The third kappa shape index (κ3) is 2.04. The molecular formula is C7H5ClF2IN. The summed E-state index contributed by atoms with van der Waals surface area (Å²) >= 11 is 7.33. The molecule has 0 N–H and O–H groups in total. The largest absolute Gasteiger partial charge is 0.264 e. The maximum Gasteiger partial charge on any atom is 0.264 e. The molecule has 12 heavy (non-hydrogen) atoms. The molecule has 1 aromatic heterocycles. The average Bonchev–Trinajstić information content (AvgIpc) is 2.04. The Balaban J connectivity index is 3.14. The Morgan fingerprint density at radius 2 is 2.25 bits per heavy atom. The molecule has 0 aromatic carbocycles. The van der Waals surface area contributed by atoms with Crippen molar-refractivity contribution in [1.82, 2.24) is 4.98 Å². The monoisotopic (exact) mass is 303 g/mol. The first kappa shape index (κ1) is 10.1. The summed E-state index contributed by atoms with van der Waals surface area (Å²) in [4.78, 5) is 3.87. The molecule has 0 aliphatic rings. The Morgan fingerprint density at radius 3 is 2.75 bits per heavy atom. The summed E-state index contributed by atoms with van der Waals surface area (Å²) in [7, 11) is 0. The summed E-state index contributed by atoms with van der Waals surface area (Å²) < 4.78 is 25.0. The van der Waals surface area contributed by atoms with E-state index in [0.29, 0.717) is 9.26 Å². The molecule has 5 heteroatoms. The van der Waals surface area contributed by atoms with Crippen LogP contribution in [0.15, 0.2) is 12.3 Å². The van der Waals surface area contributed by atoms with Crippen molar-refractivity contribution in [3.63, 3.8) is 0 Å². The number of nitrogens with zero attached hydrogens (tertiary/aromatic N) is 1. The molecule has 0 aliphatic heterocycles. The highest BCUT2D eigenvalue weighted by atomic mass is 127. The van der Waals surface area contributed by atoms with Crippen molar-refractivity contribution in [2.75, 3.05) is 0 Å². The van der Waals surface area contributed by atoms with Crippen LogP contribution >= 0.6 is 34.2 Å². The first-order chi connectivity index (χ1) is 5.66. The van der Waals surface area contributed by atoms with E-state index in [9.17, 15) is 8.78 Å². The zero-order valence-corrected chi connectivity index (χ0v) is 8.81. The van der Waals surface area contributed by atoms with Gasteiger partial charge in [-0.15, -0.1) is 11.6 Å². The van der Waals surface area contributed by atoms with E-state index in [4.69, 9.17) is 11.6 Å². The van der Waals surface area contributed by atoms with E-state index in [1.165, 1.54) is 12.3 Å². The molecule has 1 heterocycles. The van der Waals surface area contributed by atoms with Crippen LogP contribution in [0.5, 0.6) is 0 Å². The summed E-state index contributed by atoms with van der Waals surface area (Å²) in [6, 6.07) is 1.31. The maximum atomic E-state index is 12.3. The smallest absolute Gasteiger partial charge is 0.259 e. The van der Waals surface area contributed by atoms with Gasteiger partial charge in [-0.05, 0) is 28.7 Å². The molecule has 0 radical (unpaired) electrons. The van der Waals surface area contributed by atoms with E-state index in [1.54, 1.807) is 0 Å². The van der Waals surface area contributed by atoms with E-state index in [-0.39, 0.29) is 11.4 Å². The number of hydrogen-bond acceptors (Lipinski definition) is 1. The van der Waals surface area contributed by atoms with Gasteiger partial charge in [0.05, 0.1) is 11.6 Å². The zero-order valence-electron chi connectivity index (χ0n) is 5.90. The van der Waals surface area contributed by atoms with Crippen molar-refractivity contribution in [1.29, 1.82) is 0 Å². The van der Waals surface area contributed by atoms with Gasteiger partial charge in [0.25, 0.3) is 6.43 Å². The Morgan fingerprint density at radius 1 is 1.58 bits per heavy atom. The van der Waals surface area contributed by atoms with Gasteiger partial charge in [-0.2, -0.15) is 0 Å². The van der Waals surface area contributed by atoms with Crippen LogP contribution in [0.2, 0.25) is 0 Å². The van der Waals surface area contributed by atoms with Gasteiger partial charge in [0.1, 0.15) is 0 Å². The predicted molar refractivity (Wildman–Crippen MR) is 51.5 cm³/mol. The highest BCUT2D eigenvalue weighted by molar-refractivity contribution is 14.1. The Kier molecular flexibility index (Phi) is 3.64. The lowest BCUT2D eigenvalue weighted by Crippen LogP contribution is -1.96. The minimum Gasteiger partial charge on any atom is -0.259 e. The lowest BCUT2D eigenvalue weighted by atomic mass is 10.2. The van der Waals surface area contributed by atoms with Gasteiger partial charge < -0.3 is 0 Å². The topological polar surface area (TPSA) is 12.9 Å². The second kappa shape index (κ2) is 4.32. The van der Waals surface area contributed by atoms with E-state index in [0.717, 1.165) is 0 Å². The van der Waals surface area contributed by atoms with Crippen LogP contribution in [0.4, 0.5) is 8.78 Å². The standard InChI is InChI=1S/C7H5ClF2IN/c8-3-5-6(11)4(7(9)10)1-2-12-5/h1-2,7H,3H2.